The number of hydrogen-bond donors (Lipinski definition) is 1. The lowest BCUT2D eigenvalue weighted by Crippen LogP contribution is -2.21. The molecule has 0 aliphatic carbocycles. The number of rotatable bonds is 29. The number of ether oxygens (including phenoxy) is 1. The molecular weight excluding hydrogens is 460 g/mol. The number of carbonyl (C=O) groups is 2. The van der Waals surface area contributed by atoms with Crippen molar-refractivity contribution in [2.75, 3.05) is 6.61 Å². The molecule has 4 heteroatoms. The SMILES string of the molecule is CCCCCCCCCCCCCCCCCCCCCC/C=C/CCC(CC(=O)O)C(=O)OCCC. The van der Waals surface area contributed by atoms with Crippen molar-refractivity contribution in [3.63, 3.8) is 0 Å². The van der Waals surface area contributed by atoms with Crippen molar-refractivity contribution in [2.24, 2.45) is 5.92 Å². The van der Waals surface area contributed by atoms with Crippen molar-refractivity contribution in [3.05, 3.63) is 12.2 Å². The zero-order valence-electron chi connectivity index (χ0n) is 24.8. The van der Waals surface area contributed by atoms with Crippen LogP contribution in [0.5, 0.6) is 0 Å². The van der Waals surface area contributed by atoms with Gasteiger partial charge in [0, 0.05) is 0 Å². The molecule has 1 atom stereocenters. The largest absolute Gasteiger partial charge is 0.481 e. The van der Waals surface area contributed by atoms with Crippen LogP contribution in [0.15, 0.2) is 12.2 Å². The van der Waals surface area contributed by atoms with Crippen molar-refractivity contribution in [2.45, 2.75) is 174 Å². The van der Waals surface area contributed by atoms with Gasteiger partial charge in [0.25, 0.3) is 0 Å². The van der Waals surface area contributed by atoms with Gasteiger partial charge in [-0.05, 0) is 32.1 Å². The summed E-state index contributed by atoms with van der Waals surface area (Å²) in [4.78, 5) is 23.0. The van der Waals surface area contributed by atoms with Gasteiger partial charge in [-0.25, -0.2) is 0 Å². The van der Waals surface area contributed by atoms with Crippen molar-refractivity contribution in [1.29, 1.82) is 0 Å². The summed E-state index contributed by atoms with van der Waals surface area (Å²) in [6.07, 6.45) is 35.3. The Morgan fingerprint density at radius 1 is 0.595 bits per heavy atom. The van der Waals surface area contributed by atoms with E-state index in [2.05, 4.69) is 19.1 Å². The average molecular weight is 523 g/mol. The highest BCUT2D eigenvalue weighted by atomic mass is 16.5. The van der Waals surface area contributed by atoms with Crippen LogP contribution >= 0.6 is 0 Å². The first-order valence-corrected chi connectivity index (χ1v) is 16.1. The average Bonchev–Trinajstić information content (AvgIpc) is 2.88. The maximum absolute atomic E-state index is 12.0. The van der Waals surface area contributed by atoms with E-state index < -0.39 is 11.9 Å². The highest BCUT2D eigenvalue weighted by Gasteiger charge is 2.22. The van der Waals surface area contributed by atoms with Gasteiger partial charge in [0.1, 0.15) is 0 Å². The van der Waals surface area contributed by atoms with Crippen molar-refractivity contribution in [1.82, 2.24) is 0 Å². The minimum absolute atomic E-state index is 0.143. The first kappa shape index (κ1) is 35.7. The van der Waals surface area contributed by atoms with Gasteiger partial charge in [0.05, 0.1) is 18.9 Å². The highest BCUT2D eigenvalue weighted by molar-refractivity contribution is 5.79. The monoisotopic (exact) mass is 522 g/mol. The molecule has 4 nitrogen and oxygen atoms in total. The number of carboxylic acid groups (broad SMARTS) is 1. The van der Waals surface area contributed by atoms with Crippen LogP contribution in [0.3, 0.4) is 0 Å². The van der Waals surface area contributed by atoms with E-state index in [-0.39, 0.29) is 12.4 Å². The third-order valence-corrected chi connectivity index (χ3v) is 7.28. The number of carbonyl (C=O) groups excluding carboxylic acids is 1. The number of unbranched alkanes of at least 4 members (excludes halogenated alkanes) is 20. The molecule has 0 fully saturated rings. The first-order valence-electron chi connectivity index (χ1n) is 16.1. The van der Waals surface area contributed by atoms with Crippen LogP contribution in [0.25, 0.3) is 0 Å². The van der Waals surface area contributed by atoms with Gasteiger partial charge < -0.3 is 9.84 Å². The van der Waals surface area contributed by atoms with Crippen molar-refractivity contribution in [3.8, 4) is 0 Å². The predicted octanol–water partition coefficient (Wildman–Crippen LogP) is 10.6. The summed E-state index contributed by atoms with van der Waals surface area (Å²) in [5.74, 6) is -1.84. The molecular formula is C33H62O4. The van der Waals surface area contributed by atoms with E-state index in [1.54, 1.807) is 0 Å². The Balaban J connectivity index is 3.39. The summed E-state index contributed by atoms with van der Waals surface area (Å²) in [7, 11) is 0. The second kappa shape index (κ2) is 29.2. The standard InChI is InChI=1S/C33H62O4/c1-3-5-6-7-8-9-10-11-12-13-14-15-16-17-18-19-20-21-22-23-24-25-26-27-28-31(30-32(34)35)33(36)37-29-4-2/h25-26,31H,3-24,27-30H2,1-2H3,(H,34,35)/b26-25+. The molecule has 0 spiro atoms. The third-order valence-electron chi connectivity index (χ3n) is 7.28. The molecule has 0 aromatic heterocycles. The van der Waals surface area contributed by atoms with Crippen LogP contribution in [-0.2, 0) is 14.3 Å². The number of aliphatic carboxylic acids is 1. The lowest BCUT2D eigenvalue weighted by molar-refractivity contribution is -0.153. The molecule has 37 heavy (non-hydrogen) atoms. The quantitative estimate of drug-likeness (QED) is 0.0602. The fourth-order valence-corrected chi connectivity index (χ4v) is 4.89. The maximum Gasteiger partial charge on any atom is 0.309 e. The summed E-state index contributed by atoms with van der Waals surface area (Å²) >= 11 is 0. The smallest absolute Gasteiger partial charge is 0.309 e. The van der Waals surface area contributed by atoms with Crippen LogP contribution < -0.4 is 0 Å². The van der Waals surface area contributed by atoms with Gasteiger partial charge in [-0.1, -0.05) is 148 Å². The molecule has 0 aromatic rings. The van der Waals surface area contributed by atoms with Gasteiger partial charge in [0.2, 0.25) is 0 Å². The van der Waals surface area contributed by atoms with E-state index in [0.717, 1.165) is 19.3 Å². The molecule has 1 unspecified atom stereocenters. The Labute approximate surface area is 230 Å². The molecule has 0 bridgehead atoms. The van der Waals surface area contributed by atoms with Gasteiger partial charge in [-0.2, -0.15) is 0 Å². The van der Waals surface area contributed by atoms with Crippen LogP contribution in [0.2, 0.25) is 0 Å². The molecule has 0 aromatic carbocycles. The number of allylic oxidation sites excluding steroid dienone is 2. The Morgan fingerprint density at radius 3 is 1.41 bits per heavy atom. The zero-order chi connectivity index (χ0) is 27.2. The number of esters is 1. The van der Waals surface area contributed by atoms with E-state index in [1.165, 1.54) is 128 Å². The molecule has 0 saturated carbocycles. The van der Waals surface area contributed by atoms with Crippen LogP contribution in [0.1, 0.15) is 174 Å². The summed E-state index contributed by atoms with van der Waals surface area (Å²) in [5.41, 5.74) is 0. The Bertz CT molecular complexity index is 528. The van der Waals surface area contributed by atoms with E-state index in [1.807, 2.05) is 6.92 Å². The van der Waals surface area contributed by atoms with E-state index in [0.29, 0.717) is 13.0 Å². The summed E-state index contributed by atoms with van der Waals surface area (Å²) in [6.45, 7) is 4.59. The molecule has 0 aliphatic heterocycles. The molecule has 0 saturated heterocycles. The van der Waals surface area contributed by atoms with Crippen molar-refractivity contribution < 1.29 is 19.4 Å². The Hall–Kier alpha value is -1.32. The summed E-state index contributed by atoms with van der Waals surface area (Å²) in [6, 6.07) is 0. The second-order valence-electron chi connectivity index (χ2n) is 11.0. The minimum Gasteiger partial charge on any atom is -0.481 e. The second-order valence-corrected chi connectivity index (χ2v) is 11.0. The summed E-state index contributed by atoms with van der Waals surface area (Å²) < 4.78 is 5.13. The van der Waals surface area contributed by atoms with Crippen LogP contribution in [-0.4, -0.2) is 23.7 Å². The molecule has 218 valence electrons. The predicted molar refractivity (Wildman–Crippen MR) is 158 cm³/mol. The lowest BCUT2D eigenvalue weighted by atomic mass is 9.99. The lowest BCUT2D eigenvalue weighted by Gasteiger charge is -2.12. The fourth-order valence-electron chi connectivity index (χ4n) is 4.89. The highest BCUT2D eigenvalue weighted by Crippen LogP contribution is 2.16. The molecule has 0 radical (unpaired) electrons. The molecule has 0 rings (SSSR count). The number of carboxylic acids is 1. The van der Waals surface area contributed by atoms with Crippen molar-refractivity contribution >= 4 is 11.9 Å². The first-order chi connectivity index (χ1) is 18.1. The van der Waals surface area contributed by atoms with E-state index in [4.69, 9.17) is 9.84 Å². The van der Waals surface area contributed by atoms with Crippen LogP contribution in [0, 0.1) is 5.92 Å². The summed E-state index contributed by atoms with van der Waals surface area (Å²) in [5, 5.41) is 9.02. The fraction of sp³-hybridized carbons (Fsp3) is 0.879. The molecule has 0 heterocycles. The molecule has 0 aliphatic rings. The van der Waals surface area contributed by atoms with Gasteiger partial charge in [-0.15, -0.1) is 0 Å². The molecule has 1 N–H and O–H groups in total. The van der Waals surface area contributed by atoms with Gasteiger partial charge >= 0.3 is 11.9 Å². The maximum atomic E-state index is 12.0. The van der Waals surface area contributed by atoms with Gasteiger partial charge in [0.15, 0.2) is 0 Å². The van der Waals surface area contributed by atoms with E-state index >= 15 is 0 Å². The van der Waals surface area contributed by atoms with Crippen LogP contribution in [0.4, 0.5) is 0 Å². The normalized spacial score (nSPS) is 12.3. The number of hydrogen-bond acceptors (Lipinski definition) is 3. The van der Waals surface area contributed by atoms with E-state index in [9.17, 15) is 9.59 Å². The molecule has 0 amide bonds. The third kappa shape index (κ3) is 27.5. The Morgan fingerprint density at radius 2 is 1.00 bits per heavy atom. The van der Waals surface area contributed by atoms with Gasteiger partial charge in [-0.3, -0.25) is 9.59 Å². The topological polar surface area (TPSA) is 63.6 Å². The zero-order valence-corrected chi connectivity index (χ0v) is 24.8. The minimum atomic E-state index is -0.938. The Kier molecular flexibility index (Phi) is 28.2.